The van der Waals surface area contributed by atoms with Crippen LogP contribution in [0.25, 0.3) is 0 Å². The van der Waals surface area contributed by atoms with Crippen LogP contribution >= 0.6 is 0 Å². The van der Waals surface area contributed by atoms with E-state index in [4.69, 9.17) is 14.2 Å². The first-order valence-corrected chi connectivity index (χ1v) is 7.87. The predicted octanol–water partition coefficient (Wildman–Crippen LogP) is -0.848. The van der Waals surface area contributed by atoms with E-state index in [2.05, 4.69) is 5.32 Å². The third-order valence-electron chi connectivity index (χ3n) is 3.77. The Hall–Kier alpha value is -0.770. The standard InChI is InChI=1S/C15H29NO7/c1-5-22-15(3,4)6-7-21-14-11(16-9(2)18)13(20)12(19)10(8-17)23-14/h10-14,17,19-20H,5-8H2,1-4H3,(H,16,18)/t10-,11-,12+,13-,14-/m1/s1. The quantitative estimate of drug-likeness (QED) is 0.456. The van der Waals surface area contributed by atoms with E-state index in [0.717, 1.165) is 0 Å². The van der Waals surface area contributed by atoms with E-state index < -0.39 is 37.3 Å². The molecule has 0 aromatic rings. The van der Waals surface area contributed by atoms with Gasteiger partial charge in [0.15, 0.2) is 6.29 Å². The molecule has 0 radical (unpaired) electrons. The van der Waals surface area contributed by atoms with Gasteiger partial charge in [-0.25, -0.2) is 0 Å². The molecule has 0 spiro atoms. The molecule has 1 heterocycles. The molecule has 0 aromatic carbocycles. The maximum absolute atomic E-state index is 11.3. The van der Waals surface area contributed by atoms with Gasteiger partial charge in [0.05, 0.1) is 18.8 Å². The average molecular weight is 335 g/mol. The summed E-state index contributed by atoms with van der Waals surface area (Å²) in [4.78, 5) is 11.3. The van der Waals surface area contributed by atoms with Gasteiger partial charge in [-0.15, -0.1) is 0 Å². The lowest BCUT2D eigenvalue weighted by Crippen LogP contribution is -2.64. The summed E-state index contributed by atoms with van der Waals surface area (Å²) in [7, 11) is 0. The van der Waals surface area contributed by atoms with E-state index >= 15 is 0 Å². The largest absolute Gasteiger partial charge is 0.394 e. The van der Waals surface area contributed by atoms with E-state index in [0.29, 0.717) is 13.0 Å². The molecular weight excluding hydrogens is 306 g/mol. The van der Waals surface area contributed by atoms with Gasteiger partial charge in [0.2, 0.25) is 5.91 Å². The molecule has 0 bridgehead atoms. The second-order valence-corrected chi connectivity index (χ2v) is 6.25. The van der Waals surface area contributed by atoms with Crippen molar-refractivity contribution in [3.05, 3.63) is 0 Å². The second kappa shape index (κ2) is 8.91. The van der Waals surface area contributed by atoms with Crippen molar-refractivity contribution in [2.45, 2.75) is 70.4 Å². The van der Waals surface area contributed by atoms with Gasteiger partial charge in [0.25, 0.3) is 0 Å². The second-order valence-electron chi connectivity index (χ2n) is 6.25. The fourth-order valence-corrected chi connectivity index (χ4v) is 2.50. The minimum Gasteiger partial charge on any atom is -0.394 e. The summed E-state index contributed by atoms with van der Waals surface area (Å²) in [5.41, 5.74) is -0.374. The molecule has 0 unspecified atom stereocenters. The van der Waals surface area contributed by atoms with Crippen molar-refractivity contribution >= 4 is 5.91 Å². The van der Waals surface area contributed by atoms with Gasteiger partial charge >= 0.3 is 0 Å². The Labute approximate surface area is 136 Å². The lowest BCUT2D eigenvalue weighted by molar-refractivity contribution is -0.272. The maximum Gasteiger partial charge on any atom is 0.217 e. The molecule has 1 rings (SSSR count). The number of hydrogen-bond acceptors (Lipinski definition) is 7. The number of nitrogens with one attached hydrogen (secondary N) is 1. The Morgan fingerprint density at radius 2 is 1.96 bits per heavy atom. The highest BCUT2D eigenvalue weighted by atomic mass is 16.7. The molecule has 8 nitrogen and oxygen atoms in total. The highest BCUT2D eigenvalue weighted by molar-refractivity contribution is 5.73. The maximum atomic E-state index is 11.3. The molecule has 136 valence electrons. The number of carbonyl (C=O) groups is 1. The summed E-state index contributed by atoms with van der Waals surface area (Å²) in [5.74, 6) is -0.379. The normalized spacial score (nSPS) is 31.9. The van der Waals surface area contributed by atoms with Crippen LogP contribution in [0.15, 0.2) is 0 Å². The number of amides is 1. The summed E-state index contributed by atoms with van der Waals surface area (Å²) in [5, 5.41) is 31.8. The van der Waals surface area contributed by atoms with Crippen LogP contribution in [0.4, 0.5) is 0 Å². The van der Waals surface area contributed by atoms with Gasteiger partial charge in [-0.3, -0.25) is 4.79 Å². The van der Waals surface area contributed by atoms with Crippen LogP contribution < -0.4 is 5.32 Å². The highest BCUT2D eigenvalue weighted by Crippen LogP contribution is 2.23. The molecule has 8 heteroatoms. The van der Waals surface area contributed by atoms with Crippen molar-refractivity contribution in [3.8, 4) is 0 Å². The van der Waals surface area contributed by atoms with Crippen LogP contribution in [0.2, 0.25) is 0 Å². The molecule has 1 saturated heterocycles. The molecule has 1 aliphatic heterocycles. The summed E-state index contributed by atoms with van der Waals surface area (Å²) in [6, 6.07) is -0.916. The zero-order valence-electron chi connectivity index (χ0n) is 14.2. The molecular formula is C15H29NO7. The van der Waals surface area contributed by atoms with Crippen LogP contribution in [0.1, 0.15) is 34.1 Å². The number of hydrogen-bond donors (Lipinski definition) is 4. The first-order chi connectivity index (χ1) is 10.7. The molecule has 0 aliphatic carbocycles. The highest BCUT2D eigenvalue weighted by Gasteiger charge is 2.45. The molecule has 5 atom stereocenters. The first-order valence-electron chi connectivity index (χ1n) is 7.87. The van der Waals surface area contributed by atoms with E-state index in [-0.39, 0.29) is 18.1 Å². The predicted molar refractivity (Wildman–Crippen MR) is 81.6 cm³/mol. The smallest absolute Gasteiger partial charge is 0.217 e. The molecule has 1 aliphatic rings. The Kier molecular flexibility index (Phi) is 7.85. The van der Waals surface area contributed by atoms with Crippen molar-refractivity contribution in [2.75, 3.05) is 19.8 Å². The topological polar surface area (TPSA) is 117 Å². The van der Waals surface area contributed by atoms with Gasteiger partial charge in [-0.2, -0.15) is 0 Å². The monoisotopic (exact) mass is 335 g/mol. The summed E-state index contributed by atoms with van der Waals surface area (Å²) in [6.07, 6.45) is -3.96. The summed E-state index contributed by atoms with van der Waals surface area (Å²) >= 11 is 0. The van der Waals surface area contributed by atoms with Crippen molar-refractivity contribution in [1.82, 2.24) is 5.32 Å². The number of ether oxygens (including phenoxy) is 3. The zero-order chi connectivity index (χ0) is 17.6. The van der Waals surface area contributed by atoms with Gasteiger partial charge < -0.3 is 34.8 Å². The zero-order valence-corrected chi connectivity index (χ0v) is 14.2. The molecule has 1 fully saturated rings. The van der Waals surface area contributed by atoms with Crippen molar-refractivity contribution in [1.29, 1.82) is 0 Å². The van der Waals surface area contributed by atoms with E-state index in [9.17, 15) is 20.1 Å². The van der Waals surface area contributed by atoms with Crippen LogP contribution in [0, 0.1) is 0 Å². The summed E-state index contributed by atoms with van der Waals surface area (Å²) < 4.78 is 16.7. The fourth-order valence-electron chi connectivity index (χ4n) is 2.50. The SMILES string of the molecule is CCOC(C)(C)CCO[C@@H]1O[C@H](CO)[C@H](O)[C@H](O)[C@H]1NC(C)=O. The van der Waals surface area contributed by atoms with Gasteiger partial charge in [-0.1, -0.05) is 0 Å². The van der Waals surface area contributed by atoms with Crippen LogP contribution in [0.3, 0.4) is 0 Å². The Morgan fingerprint density at radius 1 is 1.30 bits per heavy atom. The van der Waals surface area contributed by atoms with Crippen LogP contribution in [-0.4, -0.2) is 77.3 Å². The van der Waals surface area contributed by atoms with E-state index in [1.165, 1.54) is 6.92 Å². The summed E-state index contributed by atoms with van der Waals surface area (Å²) in [6.45, 7) is 7.46. The molecule has 0 saturated carbocycles. The van der Waals surface area contributed by atoms with Crippen molar-refractivity contribution < 1.29 is 34.3 Å². The van der Waals surface area contributed by atoms with Crippen molar-refractivity contribution in [3.63, 3.8) is 0 Å². The molecule has 0 aromatic heterocycles. The Bertz CT molecular complexity index is 377. The Morgan fingerprint density at radius 3 is 2.48 bits per heavy atom. The van der Waals surface area contributed by atoms with E-state index in [1.807, 2.05) is 20.8 Å². The lowest BCUT2D eigenvalue weighted by Gasteiger charge is -2.42. The van der Waals surface area contributed by atoms with Gasteiger partial charge in [-0.05, 0) is 27.2 Å². The minimum absolute atomic E-state index is 0.273. The minimum atomic E-state index is -1.31. The molecule has 23 heavy (non-hydrogen) atoms. The third-order valence-corrected chi connectivity index (χ3v) is 3.77. The van der Waals surface area contributed by atoms with Gasteiger partial charge in [0.1, 0.15) is 24.4 Å². The molecule has 4 N–H and O–H groups in total. The number of rotatable bonds is 8. The van der Waals surface area contributed by atoms with E-state index in [1.54, 1.807) is 0 Å². The van der Waals surface area contributed by atoms with Crippen molar-refractivity contribution in [2.24, 2.45) is 0 Å². The number of aliphatic hydroxyl groups excluding tert-OH is 3. The Balaban J connectivity index is 2.68. The van der Waals surface area contributed by atoms with Crippen LogP contribution in [0.5, 0.6) is 0 Å². The number of carbonyl (C=O) groups excluding carboxylic acids is 1. The number of aliphatic hydroxyl groups is 3. The third kappa shape index (κ3) is 5.98. The fraction of sp³-hybridized carbons (Fsp3) is 0.933. The first kappa shape index (κ1) is 20.3. The average Bonchev–Trinajstić information content (AvgIpc) is 2.45. The van der Waals surface area contributed by atoms with Gasteiger partial charge in [0, 0.05) is 13.5 Å². The van der Waals surface area contributed by atoms with Crippen LogP contribution in [-0.2, 0) is 19.0 Å². The molecule has 1 amide bonds. The lowest BCUT2D eigenvalue weighted by atomic mass is 9.97.